The van der Waals surface area contributed by atoms with Crippen LogP contribution in [0.4, 0.5) is 13.2 Å². The fourth-order valence-corrected chi connectivity index (χ4v) is 2.41. The number of halogens is 3. The quantitative estimate of drug-likeness (QED) is 0.790. The molecule has 5 nitrogen and oxygen atoms in total. The van der Waals surface area contributed by atoms with E-state index in [0.717, 1.165) is 22.1 Å². The van der Waals surface area contributed by atoms with Crippen LogP contribution in [0, 0.1) is 0 Å². The topological polar surface area (TPSA) is 57.0 Å². The van der Waals surface area contributed by atoms with Crippen molar-refractivity contribution in [3.8, 4) is 5.13 Å². The van der Waals surface area contributed by atoms with Gasteiger partial charge in [0.1, 0.15) is 0 Å². The van der Waals surface area contributed by atoms with Gasteiger partial charge in [0, 0.05) is 10.8 Å². The lowest BCUT2D eigenvalue weighted by Crippen LogP contribution is -2.14. The second-order valence-corrected chi connectivity index (χ2v) is 6.42. The first-order valence-corrected chi connectivity index (χ1v) is 7.14. The zero-order chi connectivity index (χ0) is 16.7. The summed E-state index contributed by atoms with van der Waals surface area (Å²) in [6, 6.07) is 0.999. The first-order valence-electron chi connectivity index (χ1n) is 6.26. The van der Waals surface area contributed by atoms with Crippen molar-refractivity contribution in [2.75, 3.05) is 7.11 Å². The molecule has 0 aliphatic rings. The van der Waals surface area contributed by atoms with Crippen LogP contribution < -0.4 is 0 Å². The lowest BCUT2D eigenvalue weighted by molar-refractivity contribution is -0.142. The van der Waals surface area contributed by atoms with Crippen molar-refractivity contribution >= 4 is 17.3 Å². The second-order valence-electron chi connectivity index (χ2n) is 5.58. The van der Waals surface area contributed by atoms with E-state index < -0.39 is 23.3 Å². The molecule has 22 heavy (non-hydrogen) atoms. The Kier molecular flexibility index (Phi) is 4.03. The van der Waals surface area contributed by atoms with E-state index in [0.29, 0.717) is 0 Å². The predicted octanol–water partition coefficient (Wildman–Crippen LogP) is 3.43. The Labute approximate surface area is 128 Å². The van der Waals surface area contributed by atoms with E-state index in [1.807, 2.05) is 0 Å². The summed E-state index contributed by atoms with van der Waals surface area (Å²) >= 11 is 0.889. The Bertz CT molecular complexity index is 698. The third-order valence-corrected chi connectivity index (χ3v) is 3.65. The molecule has 0 bridgehead atoms. The van der Waals surface area contributed by atoms with E-state index in [2.05, 4.69) is 14.8 Å². The number of carbonyl (C=O) groups is 1. The van der Waals surface area contributed by atoms with Crippen LogP contribution in [0.25, 0.3) is 5.13 Å². The minimum absolute atomic E-state index is 0.0387. The highest BCUT2D eigenvalue weighted by atomic mass is 32.1. The number of nitrogens with zero attached hydrogens (tertiary/aromatic N) is 3. The number of esters is 1. The van der Waals surface area contributed by atoms with E-state index in [4.69, 9.17) is 0 Å². The molecule has 0 saturated carbocycles. The van der Waals surface area contributed by atoms with Gasteiger partial charge in [-0.3, -0.25) is 0 Å². The second kappa shape index (κ2) is 5.38. The van der Waals surface area contributed by atoms with Crippen molar-refractivity contribution in [2.45, 2.75) is 32.4 Å². The first-order chi connectivity index (χ1) is 10.0. The summed E-state index contributed by atoms with van der Waals surface area (Å²) in [6.45, 7) is 5.30. The lowest BCUT2D eigenvalue weighted by atomic mass is 9.92. The van der Waals surface area contributed by atoms with Crippen LogP contribution in [0.1, 0.15) is 42.6 Å². The van der Waals surface area contributed by atoms with Gasteiger partial charge in [0.2, 0.25) is 5.13 Å². The molecule has 2 aromatic heterocycles. The summed E-state index contributed by atoms with van der Waals surface area (Å²) in [5, 5.41) is 5.30. The van der Waals surface area contributed by atoms with Crippen LogP contribution >= 0.6 is 11.3 Å². The van der Waals surface area contributed by atoms with Gasteiger partial charge in [0.15, 0.2) is 11.4 Å². The third kappa shape index (κ3) is 3.13. The Hall–Kier alpha value is -1.90. The van der Waals surface area contributed by atoms with Gasteiger partial charge in [-0.05, 0) is 6.07 Å². The normalized spacial score (nSPS) is 12.5. The van der Waals surface area contributed by atoms with E-state index in [-0.39, 0.29) is 16.5 Å². The summed E-state index contributed by atoms with van der Waals surface area (Å²) in [4.78, 5) is 15.2. The maximum absolute atomic E-state index is 13.2. The van der Waals surface area contributed by atoms with Crippen LogP contribution in [0.5, 0.6) is 0 Å². The van der Waals surface area contributed by atoms with Crippen LogP contribution in [-0.2, 0) is 16.3 Å². The van der Waals surface area contributed by atoms with Crippen molar-refractivity contribution in [1.82, 2.24) is 14.8 Å². The van der Waals surface area contributed by atoms with E-state index in [1.54, 1.807) is 20.8 Å². The fourth-order valence-electron chi connectivity index (χ4n) is 1.66. The highest BCUT2D eigenvalue weighted by Gasteiger charge is 2.38. The molecular weight excluding hydrogens is 319 g/mol. The SMILES string of the molecule is COC(=O)c1csc(-n2nc(C(C)(C)C)cc2C(F)(F)F)n1. The number of hydrogen-bond donors (Lipinski definition) is 0. The Morgan fingerprint density at radius 2 is 1.95 bits per heavy atom. The monoisotopic (exact) mass is 333 g/mol. The Morgan fingerprint density at radius 1 is 1.32 bits per heavy atom. The van der Waals surface area contributed by atoms with Crippen LogP contribution in [0.2, 0.25) is 0 Å². The molecule has 120 valence electrons. The van der Waals surface area contributed by atoms with E-state index in [9.17, 15) is 18.0 Å². The molecule has 0 radical (unpaired) electrons. The molecule has 0 saturated heterocycles. The van der Waals surface area contributed by atoms with Crippen LogP contribution in [0.3, 0.4) is 0 Å². The molecule has 0 atom stereocenters. The molecule has 0 fully saturated rings. The number of hydrogen-bond acceptors (Lipinski definition) is 5. The highest BCUT2D eigenvalue weighted by molar-refractivity contribution is 7.12. The molecule has 0 N–H and O–H groups in total. The van der Waals surface area contributed by atoms with Crippen molar-refractivity contribution in [1.29, 1.82) is 0 Å². The van der Waals surface area contributed by atoms with Crippen molar-refractivity contribution in [3.63, 3.8) is 0 Å². The van der Waals surface area contributed by atoms with Gasteiger partial charge in [0.25, 0.3) is 0 Å². The van der Waals surface area contributed by atoms with Gasteiger partial charge in [0.05, 0.1) is 12.8 Å². The summed E-state index contributed by atoms with van der Waals surface area (Å²) < 4.78 is 44.8. The minimum atomic E-state index is -4.58. The molecule has 2 rings (SSSR count). The average Bonchev–Trinajstić information content (AvgIpc) is 3.02. The number of thiazole rings is 1. The summed E-state index contributed by atoms with van der Waals surface area (Å²) in [5.74, 6) is -0.709. The van der Waals surface area contributed by atoms with Gasteiger partial charge in [-0.15, -0.1) is 11.3 Å². The zero-order valence-corrected chi connectivity index (χ0v) is 13.2. The smallest absolute Gasteiger partial charge is 0.433 e. The maximum atomic E-state index is 13.2. The molecular formula is C13H14F3N3O2S. The average molecular weight is 333 g/mol. The molecule has 0 unspecified atom stereocenters. The summed E-state index contributed by atoms with van der Waals surface area (Å²) in [5.41, 5.74) is -1.24. The van der Waals surface area contributed by atoms with Gasteiger partial charge in [-0.2, -0.15) is 18.3 Å². The Morgan fingerprint density at radius 3 is 2.45 bits per heavy atom. The van der Waals surface area contributed by atoms with Crippen LogP contribution in [-0.4, -0.2) is 27.8 Å². The molecule has 0 aromatic carbocycles. The van der Waals surface area contributed by atoms with E-state index in [1.165, 1.54) is 12.5 Å². The van der Waals surface area contributed by atoms with Gasteiger partial charge < -0.3 is 4.74 Å². The lowest BCUT2D eigenvalue weighted by Gasteiger charge is -2.13. The van der Waals surface area contributed by atoms with Crippen molar-refractivity contribution in [3.05, 3.63) is 28.5 Å². The summed E-state index contributed by atoms with van der Waals surface area (Å²) in [6.07, 6.45) is -4.58. The number of rotatable bonds is 2. The maximum Gasteiger partial charge on any atom is 0.433 e. The molecule has 0 amide bonds. The largest absolute Gasteiger partial charge is 0.464 e. The Balaban J connectivity index is 2.56. The number of methoxy groups -OCH3 is 1. The van der Waals surface area contributed by atoms with Gasteiger partial charge in [-0.1, -0.05) is 20.8 Å². The molecule has 0 aliphatic heterocycles. The molecule has 2 heterocycles. The first kappa shape index (κ1) is 16.5. The molecule has 9 heteroatoms. The summed E-state index contributed by atoms with van der Waals surface area (Å²) in [7, 11) is 1.17. The predicted molar refractivity (Wildman–Crippen MR) is 74.3 cm³/mol. The van der Waals surface area contributed by atoms with Crippen molar-refractivity contribution < 1.29 is 22.7 Å². The van der Waals surface area contributed by atoms with Crippen LogP contribution in [0.15, 0.2) is 11.4 Å². The van der Waals surface area contributed by atoms with Crippen molar-refractivity contribution in [2.24, 2.45) is 0 Å². The number of alkyl halides is 3. The minimum Gasteiger partial charge on any atom is -0.464 e. The third-order valence-electron chi connectivity index (χ3n) is 2.84. The standard InChI is InChI=1S/C13H14F3N3O2S/c1-12(2,3)8-5-9(13(14,15)16)19(18-8)11-17-7(6-22-11)10(20)21-4/h5-6H,1-4H3. The van der Waals surface area contributed by atoms with Gasteiger partial charge in [-0.25, -0.2) is 14.5 Å². The van der Waals surface area contributed by atoms with Gasteiger partial charge >= 0.3 is 12.1 Å². The fraction of sp³-hybridized carbons (Fsp3) is 0.462. The number of carbonyl (C=O) groups excluding carboxylic acids is 1. The zero-order valence-electron chi connectivity index (χ0n) is 12.4. The number of ether oxygens (including phenoxy) is 1. The molecule has 0 spiro atoms. The van der Waals surface area contributed by atoms with E-state index >= 15 is 0 Å². The highest BCUT2D eigenvalue weighted by Crippen LogP contribution is 2.34. The molecule has 0 aliphatic carbocycles. The molecule has 2 aromatic rings. The number of aromatic nitrogens is 3.